The molecular formula is C15H18ClF3N2. The fourth-order valence-electron chi connectivity index (χ4n) is 2.27. The summed E-state index contributed by atoms with van der Waals surface area (Å²) >= 11 is 6.13. The minimum atomic E-state index is -4.37. The molecule has 0 spiro atoms. The van der Waals surface area contributed by atoms with Gasteiger partial charge in [-0.3, -0.25) is 0 Å². The van der Waals surface area contributed by atoms with Crippen LogP contribution in [0.2, 0.25) is 0 Å². The molecule has 0 bridgehead atoms. The molecule has 0 radical (unpaired) electrons. The van der Waals surface area contributed by atoms with Crippen molar-refractivity contribution in [2.75, 3.05) is 0 Å². The zero-order chi connectivity index (χ0) is 16.0. The van der Waals surface area contributed by atoms with Crippen LogP contribution in [0.5, 0.6) is 0 Å². The zero-order valence-electron chi connectivity index (χ0n) is 12.4. The van der Waals surface area contributed by atoms with Crippen LogP contribution in [0.3, 0.4) is 0 Å². The van der Waals surface area contributed by atoms with Gasteiger partial charge < -0.3 is 4.57 Å². The summed E-state index contributed by atoms with van der Waals surface area (Å²) in [6.45, 7) is 8.59. The summed E-state index contributed by atoms with van der Waals surface area (Å²) in [6, 6.07) is 3.64. The van der Waals surface area contributed by atoms with Gasteiger partial charge in [0.25, 0.3) is 0 Å². The Morgan fingerprint density at radius 3 is 2.33 bits per heavy atom. The molecule has 1 unspecified atom stereocenters. The van der Waals surface area contributed by atoms with Crippen LogP contribution >= 0.6 is 11.6 Å². The van der Waals surface area contributed by atoms with E-state index in [-0.39, 0.29) is 10.8 Å². The van der Waals surface area contributed by atoms with Crippen LogP contribution in [0.1, 0.15) is 44.5 Å². The smallest absolute Gasteiger partial charge is 0.326 e. The number of imidazole rings is 1. The normalized spacial score (nSPS) is 14.7. The van der Waals surface area contributed by atoms with E-state index < -0.39 is 11.7 Å². The number of hydrogen-bond acceptors (Lipinski definition) is 1. The molecule has 116 valence electrons. The standard InChI is InChI=1S/C15H18ClF3N2/c1-9(16)13-20-11-7-10(15(17,18)19)5-6-12(11)21(13)8-14(2,3)4/h5-7,9H,8H2,1-4H3. The second-order valence-corrected chi connectivity index (χ2v) is 7.09. The van der Waals surface area contributed by atoms with Crippen LogP contribution in [0.25, 0.3) is 11.0 Å². The van der Waals surface area contributed by atoms with E-state index in [1.54, 1.807) is 6.92 Å². The second-order valence-electron chi connectivity index (χ2n) is 6.43. The Morgan fingerprint density at radius 1 is 1.24 bits per heavy atom. The number of halogens is 4. The number of fused-ring (bicyclic) bond motifs is 1. The van der Waals surface area contributed by atoms with Crippen LogP contribution in [0.15, 0.2) is 18.2 Å². The maximum absolute atomic E-state index is 12.8. The molecule has 0 aliphatic rings. The highest BCUT2D eigenvalue weighted by Gasteiger charge is 2.31. The lowest BCUT2D eigenvalue weighted by atomic mass is 9.96. The Labute approximate surface area is 126 Å². The Bertz CT molecular complexity index is 651. The van der Waals surface area contributed by atoms with Crippen molar-refractivity contribution >= 4 is 22.6 Å². The van der Waals surface area contributed by atoms with Gasteiger partial charge in [-0.1, -0.05) is 20.8 Å². The Hall–Kier alpha value is -1.23. The summed E-state index contributed by atoms with van der Waals surface area (Å²) in [6.07, 6.45) is -4.37. The van der Waals surface area contributed by atoms with E-state index >= 15 is 0 Å². The van der Waals surface area contributed by atoms with Gasteiger partial charge in [0.05, 0.1) is 22.0 Å². The van der Waals surface area contributed by atoms with Crippen LogP contribution in [-0.4, -0.2) is 9.55 Å². The van der Waals surface area contributed by atoms with E-state index in [1.165, 1.54) is 6.07 Å². The molecule has 0 aliphatic heterocycles. The summed E-state index contributed by atoms with van der Waals surface area (Å²) in [5.41, 5.74) is 0.290. The predicted molar refractivity (Wildman–Crippen MR) is 78.5 cm³/mol. The monoisotopic (exact) mass is 318 g/mol. The number of benzene rings is 1. The maximum atomic E-state index is 12.8. The average Bonchev–Trinajstić information content (AvgIpc) is 2.64. The number of aromatic nitrogens is 2. The number of alkyl halides is 4. The molecule has 1 aromatic heterocycles. The van der Waals surface area contributed by atoms with Gasteiger partial charge in [0.15, 0.2) is 0 Å². The first-order valence-corrected chi connectivity index (χ1v) is 7.14. The summed E-state index contributed by atoms with van der Waals surface area (Å²) in [7, 11) is 0. The first-order chi connectivity index (χ1) is 9.49. The van der Waals surface area contributed by atoms with Crippen molar-refractivity contribution < 1.29 is 13.2 Å². The first kappa shape index (κ1) is 16.1. The lowest BCUT2D eigenvalue weighted by Crippen LogP contribution is -2.17. The minimum Gasteiger partial charge on any atom is -0.326 e. The average molecular weight is 319 g/mol. The van der Waals surface area contributed by atoms with Gasteiger partial charge in [0.2, 0.25) is 0 Å². The Kier molecular flexibility index (Phi) is 4.00. The third-order valence-electron chi connectivity index (χ3n) is 3.09. The van der Waals surface area contributed by atoms with Gasteiger partial charge in [-0.15, -0.1) is 11.6 Å². The fourth-order valence-corrected chi connectivity index (χ4v) is 2.44. The van der Waals surface area contributed by atoms with Gasteiger partial charge in [0.1, 0.15) is 5.82 Å². The fraction of sp³-hybridized carbons (Fsp3) is 0.533. The van der Waals surface area contributed by atoms with Crippen LogP contribution in [0, 0.1) is 5.41 Å². The minimum absolute atomic E-state index is 0.0309. The van der Waals surface area contributed by atoms with Gasteiger partial charge in [-0.2, -0.15) is 13.2 Å². The number of rotatable bonds is 2. The lowest BCUT2D eigenvalue weighted by Gasteiger charge is -2.22. The van der Waals surface area contributed by atoms with E-state index in [0.717, 1.165) is 12.1 Å². The van der Waals surface area contributed by atoms with Crippen molar-refractivity contribution in [3.8, 4) is 0 Å². The molecule has 0 aliphatic carbocycles. The molecule has 21 heavy (non-hydrogen) atoms. The topological polar surface area (TPSA) is 17.8 Å². The largest absolute Gasteiger partial charge is 0.416 e. The molecular weight excluding hydrogens is 301 g/mol. The van der Waals surface area contributed by atoms with Crippen LogP contribution in [0.4, 0.5) is 13.2 Å². The third kappa shape index (κ3) is 3.51. The molecule has 0 amide bonds. The van der Waals surface area contributed by atoms with E-state index in [1.807, 2.05) is 4.57 Å². The zero-order valence-corrected chi connectivity index (χ0v) is 13.2. The highest BCUT2D eigenvalue weighted by atomic mass is 35.5. The van der Waals surface area contributed by atoms with Gasteiger partial charge in [-0.05, 0) is 30.5 Å². The van der Waals surface area contributed by atoms with Crippen LogP contribution in [-0.2, 0) is 12.7 Å². The highest BCUT2D eigenvalue weighted by molar-refractivity contribution is 6.20. The highest BCUT2D eigenvalue weighted by Crippen LogP contribution is 2.33. The number of hydrogen-bond donors (Lipinski definition) is 0. The molecule has 0 saturated carbocycles. The molecule has 2 aromatic rings. The Morgan fingerprint density at radius 2 is 1.86 bits per heavy atom. The summed E-state index contributed by atoms with van der Waals surface area (Å²) in [5, 5.41) is -0.367. The molecule has 6 heteroatoms. The third-order valence-corrected chi connectivity index (χ3v) is 3.29. The summed E-state index contributed by atoms with van der Waals surface area (Å²) in [4.78, 5) is 4.30. The van der Waals surface area contributed by atoms with Crippen molar-refractivity contribution in [3.63, 3.8) is 0 Å². The molecule has 0 fully saturated rings. The summed E-state index contributed by atoms with van der Waals surface area (Å²) in [5.74, 6) is 0.598. The van der Waals surface area contributed by atoms with Gasteiger partial charge in [0, 0.05) is 6.54 Å². The second kappa shape index (κ2) is 5.20. The van der Waals surface area contributed by atoms with Crippen molar-refractivity contribution in [3.05, 3.63) is 29.6 Å². The predicted octanol–water partition coefficient (Wildman–Crippen LogP) is 5.40. The molecule has 0 N–H and O–H groups in total. The van der Waals surface area contributed by atoms with E-state index in [4.69, 9.17) is 11.6 Å². The molecule has 0 saturated heterocycles. The van der Waals surface area contributed by atoms with Crippen LogP contribution < -0.4 is 0 Å². The quantitative estimate of drug-likeness (QED) is 0.678. The van der Waals surface area contributed by atoms with Gasteiger partial charge in [-0.25, -0.2) is 4.98 Å². The molecule has 1 heterocycles. The van der Waals surface area contributed by atoms with Crippen molar-refractivity contribution in [2.24, 2.45) is 5.41 Å². The van der Waals surface area contributed by atoms with E-state index in [2.05, 4.69) is 25.8 Å². The van der Waals surface area contributed by atoms with Gasteiger partial charge >= 0.3 is 6.18 Å². The van der Waals surface area contributed by atoms with E-state index in [0.29, 0.717) is 23.4 Å². The SMILES string of the molecule is CC(Cl)c1nc2cc(C(F)(F)F)ccc2n1CC(C)(C)C. The maximum Gasteiger partial charge on any atom is 0.416 e. The van der Waals surface area contributed by atoms with E-state index in [9.17, 15) is 13.2 Å². The Balaban J connectivity index is 2.63. The molecule has 1 aromatic carbocycles. The van der Waals surface area contributed by atoms with Crippen molar-refractivity contribution in [2.45, 2.75) is 45.8 Å². The van der Waals surface area contributed by atoms with Crippen molar-refractivity contribution in [1.29, 1.82) is 0 Å². The first-order valence-electron chi connectivity index (χ1n) is 6.70. The molecule has 2 rings (SSSR count). The van der Waals surface area contributed by atoms with Crippen molar-refractivity contribution in [1.82, 2.24) is 9.55 Å². The molecule has 1 atom stereocenters. The number of nitrogens with zero attached hydrogens (tertiary/aromatic N) is 2. The lowest BCUT2D eigenvalue weighted by molar-refractivity contribution is -0.137. The molecule has 2 nitrogen and oxygen atoms in total. The summed E-state index contributed by atoms with van der Waals surface area (Å²) < 4.78 is 40.3.